The second-order valence-electron chi connectivity index (χ2n) is 6.57. The molecule has 134 valence electrons. The molecule has 1 aromatic carbocycles. The van der Waals surface area contributed by atoms with E-state index < -0.39 is 27.6 Å². The zero-order valence-corrected chi connectivity index (χ0v) is 15.6. The van der Waals surface area contributed by atoms with E-state index in [2.05, 4.69) is 0 Å². The van der Waals surface area contributed by atoms with E-state index in [4.69, 9.17) is 14.3 Å². The second-order valence-corrected chi connectivity index (χ2v) is 8.19. The van der Waals surface area contributed by atoms with Crippen molar-refractivity contribution in [2.75, 3.05) is 6.61 Å². The van der Waals surface area contributed by atoms with E-state index in [-0.39, 0.29) is 17.2 Å². The zero-order valence-electron chi connectivity index (χ0n) is 14.8. The largest absolute Gasteiger partial charge is 0.455 e. The first-order chi connectivity index (χ1) is 11.0. The van der Waals surface area contributed by atoms with Crippen LogP contribution in [0.2, 0.25) is 0 Å². The number of benzene rings is 1. The van der Waals surface area contributed by atoms with Crippen molar-refractivity contribution >= 4 is 21.8 Å². The number of carbonyl (C=O) groups excluding carboxylic acids is 1. The Morgan fingerprint density at radius 2 is 1.75 bits per heavy atom. The van der Waals surface area contributed by atoms with E-state index in [0.29, 0.717) is 6.42 Å². The fraction of sp³-hybridized carbons (Fsp3) is 0.529. The van der Waals surface area contributed by atoms with Crippen LogP contribution in [0.3, 0.4) is 0 Å². The summed E-state index contributed by atoms with van der Waals surface area (Å²) in [6, 6.07) is 6.28. The van der Waals surface area contributed by atoms with Crippen molar-refractivity contribution < 1.29 is 22.1 Å². The summed E-state index contributed by atoms with van der Waals surface area (Å²) in [6.07, 6.45) is 0.390. The third-order valence-electron chi connectivity index (χ3n) is 3.25. The number of hydrogen-bond donors (Lipinski definition) is 1. The highest BCUT2D eigenvalue weighted by molar-refractivity contribution is 7.86. The molecule has 0 spiro atoms. The van der Waals surface area contributed by atoms with Crippen molar-refractivity contribution in [2.45, 2.75) is 51.5 Å². The van der Waals surface area contributed by atoms with Gasteiger partial charge in [-0.2, -0.15) is 8.42 Å². The Morgan fingerprint density at radius 1 is 1.21 bits per heavy atom. The molecule has 0 heterocycles. The molecule has 0 aromatic heterocycles. The Morgan fingerprint density at radius 3 is 2.21 bits per heavy atom. The average Bonchev–Trinajstić information content (AvgIpc) is 2.46. The van der Waals surface area contributed by atoms with Crippen LogP contribution in [0.5, 0.6) is 0 Å². The predicted octanol–water partition coefficient (Wildman–Crippen LogP) is 3.09. The van der Waals surface area contributed by atoms with Crippen molar-refractivity contribution in [2.24, 2.45) is 5.92 Å². The Balaban J connectivity index is 2.77. The minimum absolute atomic E-state index is 0.0479. The van der Waals surface area contributed by atoms with E-state index >= 15 is 0 Å². The molecule has 0 aliphatic carbocycles. The minimum atomic E-state index is -3.93. The number of aryl methyl sites for hydroxylation is 1. The lowest BCUT2D eigenvalue weighted by Gasteiger charge is -2.22. The first kappa shape index (κ1) is 20.3. The van der Waals surface area contributed by atoms with Gasteiger partial charge in [0.2, 0.25) is 0 Å². The molecule has 6 nitrogen and oxygen atoms in total. The summed E-state index contributed by atoms with van der Waals surface area (Å²) in [4.78, 5) is 12.0. The molecule has 1 aromatic rings. The number of hydrogen-bond acceptors (Lipinski definition) is 6. The Kier molecular flexibility index (Phi) is 6.68. The van der Waals surface area contributed by atoms with Gasteiger partial charge < -0.3 is 4.74 Å². The normalized spacial score (nSPS) is 13.4. The number of rotatable bonds is 7. The predicted molar refractivity (Wildman–Crippen MR) is 91.7 cm³/mol. The van der Waals surface area contributed by atoms with Crippen LogP contribution in [0.4, 0.5) is 0 Å². The number of carbonyl (C=O) groups is 1. The highest BCUT2D eigenvalue weighted by atomic mass is 32.2. The van der Waals surface area contributed by atoms with Gasteiger partial charge in [0.05, 0.1) is 11.5 Å². The molecule has 0 radical (unpaired) electrons. The summed E-state index contributed by atoms with van der Waals surface area (Å²) >= 11 is 0. The van der Waals surface area contributed by atoms with Gasteiger partial charge in [-0.05, 0) is 46.2 Å². The monoisotopic (exact) mass is 355 g/mol. The molecule has 0 aliphatic rings. The summed E-state index contributed by atoms with van der Waals surface area (Å²) in [6.45, 7) is 8.45. The summed E-state index contributed by atoms with van der Waals surface area (Å²) in [5.74, 6) is -1.41. The van der Waals surface area contributed by atoms with Gasteiger partial charge in [0.15, 0.2) is 0 Å². The molecule has 1 N–H and O–H groups in total. The standard InChI is InChI=1S/C17H25NO5S/c1-6-13(15(18)16(19)23-17(3,4)5)11-22-24(20,21)14-9-7-12(2)8-10-14/h7-10,13,18H,6,11H2,1-5H3/t13-/m0/s1. The van der Waals surface area contributed by atoms with Crippen LogP contribution in [0, 0.1) is 18.3 Å². The quantitative estimate of drug-likeness (QED) is 0.461. The van der Waals surface area contributed by atoms with E-state index in [1.165, 1.54) is 12.1 Å². The van der Waals surface area contributed by atoms with E-state index in [1.807, 2.05) is 6.92 Å². The molecule has 0 aliphatic heterocycles. The van der Waals surface area contributed by atoms with Gasteiger partial charge >= 0.3 is 5.97 Å². The van der Waals surface area contributed by atoms with Gasteiger partial charge in [-0.25, -0.2) is 4.79 Å². The van der Waals surface area contributed by atoms with Gasteiger partial charge in [-0.3, -0.25) is 9.59 Å². The lowest BCUT2D eigenvalue weighted by atomic mass is 10.0. The average molecular weight is 355 g/mol. The van der Waals surface area contributed by atoms with Crippen LogP contribution in [-0.4, -0.2) is 32.3 Å². The molecule has 1 atom stereocenters. The van der Waals surface area contributed by atoms with Gasteiger partial charge in [-0.1, -0.05) is 24.6 Å². The third kappa shape index (κ3) is 6.05. The van der Waals surface area contributed by atoms with E-state index in [1.54, 1.807) is 39.8 Å². The maximum atomic E-state index is 12.2. The molecule has 0 saturated carbocycles. The highest BCUT2D eigenvalue weighted by Gasteiger charge is 2.27. The molecule has 0 amide bonds. The van der Waals surface area contributed by atoms with Crippen molar-refractivity contribution in [1.82, 2.24) is 0 Å². The fourth-order valence-electron chi connectivity index (χ4n) is 1.85. The second kappa shape index (κ2) is 7.90. The third-order valence-corrected chi connectivity index (χ3v) is 4.55. The summed E-state index contributed by atoms with van der Waals surface area (Å²) in [5, 5.41) is 7.92. The minimum Gasteiger partial charge on any atom is -0.455 e. The van der Waals surface area contributed by atoms with Crippen LogP contribution >= 0.6 is 0 Å². The van der Waals surface area contributed by atoms with Crippen LogP contribution in [0.15, 0.2) is 29.2 Å². The lowest BCUT2D eigenvalue weighted by Crippen LogP contribution is -2.34. The smallest absolute Gasteiger partial charge is 0.352 e. The lowest BCUT2D eigenvalue weighted by molar-refractivity contribution is -0.146. The van der Waals surface area contributed by atoms with Gasteiger partial charge in [0, 0.05) is 5.92 Å². The maximum absolute atomic E-state index is 12.2. The molecule has 1 rings (SSSR count). The van der Waals surface area contributed by atoms with Crippen LogP contribution in [0.1, 0.15) is 39.7 Å². The topological polar surface area (TPSA) is 93.5 Å². The molecule has 0 bridgehead atoms. The van der Waals surface area contributed by atoms with E-state index in [9.17, 15) is 13.2 Å². The summed E-state index contributed by atoms with van der Waals surface area (Å²) in [5.41, 5.74) is -0.0603. The van der Waals surface area contributed by atoms with Crippen molar-refractivity contribution in [3.05, 3.63) is 29.8 Å². The van der Waals surface area contributed by atoms with Crippen molar-refractivity contribution in [1.29, 1.82) is 5.41 Å². The highest BCUT2D eigenvalue weighted by Crippen LogP contribution is 2.17. The van der Waals surface area contributed by atoms with Crippen LogP contribution in [0.25, 0.3) is 0 Å². The number of nitrogens with one attached hydrogen (secondary N) is 1. The Hall–Kier alpha value is -1.73. The van der Waals surface area contributed by atoms with Crippen LogP contribution < -0.4 is 0 Å². The number of esters is 1. The van der Waals surface area contributed by atoms with Gasteiger partial charge in [0.1, 0.15) is 11.3 Å². The summed E-state index contributed by atoms with van der Waals surface area (Å²) < 4.78 is 34.5. The maximum Gasteiger partial charge on any atom is 0.352 e. The summed E-state index contributed by atoms with van der Waals surface area (Å²) in [7, 11) is -3.93. The first-order valence-electron chi connectivity index (χ1n) is 7.74. The molecule has 0 fully saturated rings. The molecule has 0 saturated heterocycles. The molecular weight excluding hydrogens is 330 g/mol. The fourth-order valence-corrected chi connectivity index (χ4v) is 2.80. The Bertz CT molecular complexity index is 687. The molecule has 24 heavy (non-hydrogen) atoms. The Labute approximate surface area is 143 Å². The van der Waals surface area contributed by atoms with Crippen molar-refractivity contribution in [3.8, 4) is 0 Å². The van der Waals surface area contributed by atoms with Gasteiger partial charge in [-0.15, -0.1) is 0 Å². The van der Waals surface area contributed by atoms with Crippen molar-refractivity contribution in [3.63, 3.8) is 0 Å². The SMILES string of the molecule is CC[C@@H](COS(=O)(=O)c1ccc(C)cc1)C(=N)C(=O)OC(C)(C)C. The van der Waals surface area contributed by atoms with Crippen LogP contribution in [-0.2, 0) is 23.8 Å². The molecule has 0 unspecified atom stereocenters. The number of ether oxygens (including phenoxy) is 1. The van der Waals surface area contributed by atoms with Gasteiger partial charge in [0.25, 0.3) is 10.1 Å². The zero-order chi connectivity index (χ0) is 18.5. The molecule has 7 heteroatoms. The first-order valence-corrected chi connectivity index (χ1v) is 9.15. The van der Waals surface area contributed by atoms with E-state index in [0.717, 1.165) is 5.56 Å². The molecular formula is C17H25NO5S.